The second-order valence-electron chi connectivity index (χ2n) is 6.42. The molecule has 29 heavy (non-hydrogen) atoms. The monoisotopic (exact) mass is 493 g/mol. The van der Waals surface area contributed by atoms with Gasteiger partial charge in [0.15, 0.2) is 5.75 Å². The Morgan fingerprint density at radius 3 is 2.03 bits per heavy atom. The molecule has 0 amide bonds. The van der Waals surface area contributed by atoms with E-state index in [9.17, 15) is 4.79 Å². The lowest BCUT2D eigenvalue weighted by atomic mass is 10.1. The van der Waals surface area contributed by atoms with Crippen molar-refractivity contribution in [2.45, 2.75) is 46.5 Å². The van der Waals surface area contributed by atoms with Crippen molar-refractivity contribution < 1.29 is 36.7 Å². The SMILES string of the molecule is CCCCNCCCC.CCOc1ccccc1C(=O)C[S+](CCO)CCO.[Br-]. The fourth-order valence-corrected chi connectivity index (χ4v) is 4.01. The molecule has 0 saturated carbocycles. The van der Waals surface area contributed by atoms with E-state index in [-0.39, 0.29) is 46.9 Å². The number of carbonyl (C=O) groups is 1. The van der Waals surface area contributed by atoms with Gasteiger partial charge in [0.1, 0.15) is 17.3 Å². The van der Waals surface area contributed by atoms with E-state index >= 15 is 0 Å². The molecule has 0 atom stereocenters. The lowest BCUT2D eigenvalue weighted by molar-refractivity contribution is -0.0000170. The Morgan fingerprint density at radius 2 is 1.55 bits per heavy atom. The standard InChI is InChI=1S/C14H21O4S.C8H19N.BrH/c1-2-18-14-6-4-3-5-12(14)13(17)11-19(9-7-15)10-8-16;1-3-5-7-9-8-6-4-2;/h3-6,15-16H,2,7-11H2,1H3;9H,3-8H2,1-2H3;1H/q+1;;/p-1. The molecule has 0 aliphatic carbocycles. The van der Waals surface area contributed by atoms with Crippen LogP contribution in [-0.4, -0.2) is 66.2 Å². The second kappa shape index (κ2) is 22.1. The van der Waals surface area contributed by atoms with Crippen LogP contribution < -0.4 is 27.0 Å². The van der Waals surface area contributed by atoms with Crippen molar-refractivity contribution in [1.29, 1.82) is 0 Å². The molecule has 0 aliphatic rings. The van der Waals surface area contributed by atoms with E-state index in [1.165, 1.54) is 38.8 Å². The maximum Gasteiger partial charge on any atom is 0.215 e. The number of unbranched alkanes of at least 4 members (excludes halogenated alkanes) is 2. The minimum absolute atomic E-state index is 0. The van der Waals surface area contributed by atoms with Crippen LogP contribution in [0.2, 0.25) is 0 Å². The van der Waals surface area contributed by atoms with Crippen molar-refractivity contribution in [1.82, 2.24) is 5.32 Å². The van der Waals surface area contributed by atoms with E-state index in [0.29, 0.717) is 35.2 Å². The van der Waals surface area contributed by atoms with Gasteiger partial charge in [0.2, 0.25) is 5.78 Å². The van der Waals surface area contributed by atoms with Gasteiger partial charge in [-0.25, -0.2) is 0 Å². The van der Waals surface area contributed by atoms with E-state index in [1.807, 2.05) is 19.1 Å². The summed E-state index contributed by atoms with van der Waals surface area (Å²) in [6.45, 7) is 9.34. The van der Waals surface area contributed by atoms with Crippen LogP contribution in [0.4, 0.5) is 0 Å². The Morgan fingerprint density at radius 1 is 1.00 bits per heavy atom. The predicted molar refractivity (Wildman–Crippen MR) is 121 cm³/mol. The van der Waals surface area contributed by atoms with Crippen LogP contribution in [-0.2, 0) is 10.9 Å². The molecule has 0 bridgehead atoms. The van der Waals surface area contributed by atoms with Crippen LogP contribution in [0.1, 0.15) is 56.8 Å². The normalized spacial score (nSPS) is 10.1. The summed E-state index contributed by atoms with van der Waals surface area (Å²) >= 11 is 0. The lowest BCUT2D eigenvalue weighted by Crippen LogP contribution is -3.00. The van der Waals surface area contributed by atoms with Crippen LogP contribution in [0.3, 0.4) is 0 Å². The van der Waals surface area contributed by atoms with Crippen LogP contribution in [0.25, 0.3) is 0 Å². The van der Waals surface area contributed by atoms with E-state index < -0.39 is 0 Å². The summed E-state index contributed by atoms with van der Waals surface area (Å²) in [4.78, 5) is 12.3. The van der Waals surface area contributed by atoms with Crippen molar-refractivity contribution in [2.24, 2.45) is 0 Å². The highest BCUT2D eigenvalue weighted by Crippen LogP contribution is 2.19. The largest absolute Gasteiger partial charge is 1.00 e. The van der Waals surface area contributed by atoms with Crippen LogP contribution in [0, 0.1) is 0 Å². The predicted octanol–water partition coefficient (Wildman–Crippen LogP) is 0.0511. The summed E-state index contributed by atoms with van der Waals surface area (Å²) in [5.41, 5.74) is 0.581. The molecular formula is C22H40BrNO4S. The maximum absolute atomic E-state index is 12.3. The zero-order valence-electron chi connectivity index (χ0n) is 18.3. The van der Waals surface area contributed by atoms with Crippen molar-refractivity contribution in [3.05, 3.63) is 29.8 Å². The molecule has 0 saturated heterocycles. The molecule has 0 fully saturated rings. The van der Waals surface area contributed by atoms with Crippen molar-refractivity contribution in [2.75, 3.05) is 50.2 Å². The first-order valence-corrected chi connectivity index (χ1v) is 12.2. The highest BCUT2D eigenvalue weighted by molar-refractivity contribution is 7.97. The Kier molecular flexibility index (Phi) is 23.3. The highest BCUT2D eigenvalue weighted by atomic mass is 79.9. The Bertz CT molecular complexity index is 493. The van der Waals surface area contributed by atoms with E-state index in [2.05, 4.69) is 19.2 Å². The average molecular weight is 495 g/mol. The molecule has 5 nitrogen and oxygen atoms in total. The van der Waals surface area contributed by atoms with Gasteiger partial charge in [-0.3, -0.25) is 4.79 Å². The van der Waals surface area contributed by atoms with Gasteiger partial charge < -0.3 is 37.2 Å². The third kappa shape index (κ3) is 15.8. The molecule has 3 N–H and O–H groups in total. The molecule has 0 heterocycles. The van der Waals surface area contributed by atoms with Gasteiger partial charge in [-0.1, -0.05) is 38.8 Å². The highest BCUT2D eigenvalue weighted by Gasteiger charge is 2.24. The molecule has 1 aromatic carbocycles. The molecular weight excluding hydrogens is 454 g/mol. The number of ketones is 1. The third-order valence-corrected chi connectivity index (χ3v) is 6.19. The van der Waals surface area contributed by atoms with Gasteiger partial charge in [-0.2, -0.15) is 0 Å². The fraction of sp³-hybridized carbons (Fsp3) is 0.682. The molecule has 0 spiro atoms. The summed E-state index contributed by atoms with van der Waals surface area (Å²) in [7, 11) is -0.272. The molecule has 1 rings (SSSR count). The summed E-state index contributed by atoms with van der Waals surface area (Å²) in [5, 5.41) is 21.3. The van der Waals surface area contributed by atoms with Crippen molar-refractivity contribution >= 4 is 16.7 Å². The number of para-hydroxylation sites is 1. The molecule has 0 unspecified atom stereocenters. The molecule has 7 heteroatoms. The van der Waals surface area contributed by atoms with Crippen LogP contribution in [0.5, 0.6) is 5.75 Å². The molecule has 0 aromatic heterocycles. The molecule has 0 aliphatic heterocycles. The minimum atomic E-state index is -0.272. The molecule has 1 aromatic rings. The number of aliphatic hydroxyl groups is 2. The Labute approximate surface area is 190 Å². The minimum Gasteiger partial charge on any atom is -1.00 e. The van der Waals surface area contributed by atoms with Crippen molar-refractivity contribution in [3.8, 4) is 5.75 Å². The first-order valence-electron chi connectivity index (χ1n) is 10.5. The number of Topliss-reactive ketones (excluding diaryl/α,β-unsaturated/α-hetero) is 1. The number of hydrogen-bond acceptors (Lipinski definition) is 5. The number of benzene rings is 1. The number of rotatable bonds is 15. The van der Waals surface area contributed by atoms with E-state index in [0.717, 1.165) is 0 Å². The number of ether oxygens (including phenoxy) is 1. The second-order valence-corrected chi connectivity index (χ2v) is 8.75. The topological polar surface area (TPSA) is 78.8 Å². The summed E-state index contributed by atoms with van der Waals surface area (Å²) < 4.78 is 5.44. The first kappa shape index (κ1) is 30.6. The molecule has 0 radical (unpaired) electrons. The van der Waals surface area contributed by atoms with Gasteiger partial charge in [0.05, 0.1) is 25.4 Å². The summed E-state index contributed by atoms with van der Waals surface area (Å²) in [6, 6.07) is 7.19. The van der Waals surface area contributed by atoms with Gasteiger partial charge >= 0.3 is 0 Å². The fourth-order valence-electron chi connectivity index (χ4n) is 2.47. The first-order chi connectivity index (χ1) is 13.6. The quantitative estimate of drug-likeness (QED) is 0.183. The van der Waals surface area contributed by atoms with Gasteiger partial charge in [0.25, 0.3) is 0 Å². The lowest BCUT2D eigenvalue weighted by Gasteiger charge is -2.10. The number of hydrogen-bond donors (Lipinski definition) is 3. The molecule has 170 valence electrons. The van der Waals surface area contributed by atoms with Gasteiger partial charge in [0, 0.05) is 10.9 Å². The van der Waals surface area contributed by atoms with Crippen LogP contribution in [0.15, 0.2) is 24.3 Å². The number of nitrogens with one attached hydrogen (secondary N) is 1. The summed E-state index contributed by atoms with van der Waals surface area (Å²) in [6.07, 6.45) is 5.26. The maximum atomic E-state index is 12.3. The van der Waals surface area contributed by atoms with Gasteiger partial charge in [-0.05, 0) is 45.0 Å². The Hall–Kier alpha value is -0.600. The van der Waals surface area contributed by atoms with Crippen LogP contribution >= 0.6 is 0 Å². The zero-order chi connectivity index (χ0) is 21.0. The zero-order valence-corrected chi connectivity index (χ0v) is 20.7. The van der Waals surface area contributed by atoms with Crippen molar-refractivity contribution in [3.63, 3.8) is 0 Å². The van der Waals surface area contributed by atoms with E-state index in [4.69, 9.17) is 14.9 Å². The Balaban J connectivity index is 0. The number of aliphatic hydroxyl groups excluding tert-OH is 2. The average Bonchev–Trinajstić information content (AvgIpc) is 2.69. The number of carbonyl (C=O) groups excluding carboxylic acids is 1. The van der Waals surface area contributed by atoms with E-state index in [1.54, 1.807) is 12.1 Å². The summed E-state index contributed by atoms with van der Waals surface area (Å²) in [5.74, 6) is 2.08. The van der Waals surface area contributed by atoms with Gasteiger partial charge in [-0.15, -0.1) is 0 Å². The smallest absolute Gasteiger partial charge is 0.215 e. The third-order valence-electron chi connectivity index (χ3n) is 4.00. The number of halogens is 1.